The average Bonchev–Trinajstić information content (AvgIpc) is 3.12. The molecular weight excluding hydrogens is 675 g/mol. The Hall–Kier alpha value is -2.15. The van der Waals surface area contributed by atoms with E-state index in [2.05, 4.69) is 30.9 Å². The summed E-state index contributed by atoms with van der Waals surface area (Å²) in [6.45, 7) is 9.23. The van der Waals surface area contributed by atoms with Gasteiger partial charge in [-0.25, -0.2) is 0 Å². The normalized spacial score (nSPS) is 13.5. The fraction of sp³-hybridized carbons (Fsp3) is 0.851. The first-order chi connectivity index (χ1) is 26.2. The molecule has 0 spiro atoms. The zero-order valence-corrected chi connectivity index (χ0v) is 36.4. The minimum absolute atomic E-state index is 0.0165. The van der Waals surface area contributed by atoms with Gasteiger partial charge in [0.2, 0.25) is 0 Å². The summed E-state index contributed by atoms with van der Waals surface area (Å²) in [5, 5.41) is 0. The van der Waals surface area contributed by atoms with Crippen molar-refractivity contribution in [3.8, 4) is 0 Å². The van der Waals surface area contributed by atoms with Crippen molar-refractivity contribution in [1.82, 2.24) is 4.90 Å². The van der Waals surface area contributed by atoms with Gasteiger partial charge >= 0.3 is 17.9 Å². The fourth-order valence-corrected chi connectivity index (χ4v) is 6.66. The van der Waals surface area contributed by atoms with Crippen LogP contribution in [0.5, 0.6) is 0 Å². The molecule has 0 aliphatic carbocycles. The third-order valence-electron chi connectivity index (χ3n) is 10.00. The zero-order valence-electron chi connectivity index (χ0n) is 36.4. The lowest BCUT2D eigenvalue weighted by Gasteiger charge is -2.18. The number of unbranched alkanes of at least 4 members (excludes halogenated alkanes) is 20. The van der Waals surface area contributed by atoms with E-state index in [0.29, 0.717) is 19.3 Å². The Morgan fingerprint density at radius 3 is 1.22 bits per heavy atom. The Morgan fingerprint density at radius 1 is 0.463 bits per heavy atom. The van der Waals surface area contributed by atoms with E-state index in [0.717, 1.165) is 103 Å². The van der Waals surface area contributed by atoms with Crippen molar-refractivity contribution in [3.63, 3.8) is 0 Å². The van der Waals surface area contributed by atoms with Crippen LogP contribution in [0.3, 0.4) is 0 Å². The number of ether oxygens (including phenoxy) is 3. The number of rotatable bonds is 39. The summed E-state index contributed by atoms with van der Waals surface area (Å²) in [4.78, 5) is 39.1. The first-order valence-electron chi connectivity index (χ1n) is 22.7. The fourth-order valence-electron chi connectivity index (χ4n) is 6.66. The molecule has 0 heterocycles. The predicted molar refractivity (Wildman–Crippen MR) is 228 cm³/mol. The number of allylic oxidation sites excluding steroid dienone is 2. The molecule has 0 bridgehead atoms. The van der Waals surface area contributed by atoms with Gasteiger partial charge in [0, 0.05) is 19.3 Å². The summed E-state index contributed by atoms with van der Waals surface area (Å²) in [5.74, 6) is -0.232. The van der Waals surface area contributed by atoms with E-state index in [1.54, 1.807) is 0 Å². The molecule has 0 N–H and O–H groups in total. The summed E-state index contributed by atoms with van der Waals surface area (Å²) in [6, 6.07) is 0. The third-order valence-corrected chi connectivity index (χ3v) is 10.00. The van der Waals surface area contributed by atoms with Crippen molar-refractivity contribution in [1.29, 1.82) is 0 Å². The minimum atomic E-state index is -0.148. The van der Waals surface area contributed by atoms with Crippen LogP contribution in [0.2, 0.25) is 0 Å². The highest BCUT2D eigenvalue weighted by Gasteiger charge is 2.15. The van der Waals surface area contributed by atoms with Gasteiger partial charge in [0.15, 0.2) is 0 Å². The lowest BCUT2D eigenvalue weighted by molar-refractivity contribution is -0.150. The zero-order chi connectivity index (χ0) is 39.9. The lowest BCUT2D eigenvalue weighted by atomic mass is 10.0. The second-order valence-electron chi connectivity index (χ2n) is 16.0. The van der Waals surface area contributed by atoms with Crippen LogP contribution in [-0.2, 0) is 28.6 Å². The van der Waals surface area contributed by atoms with Crippen LogP contribution >= 0.6 is 0 Å². The molecule has 0 saturated carbocycles. The molecule has 0 aromatic heterocycles. The van der Waals surface area contributed by atoms with Crippen molar-refractivity contribution in [3.05, 3.63) is 24.3 Å². The molecule has 0 aliphatic heterocycles. The van der Waals surface area contributed by atoms with Gasteiger partial charge in [-0.15, -0.1) is 0 Å². The summed E-state index contributed by atoms with van der Waals surface area (Å²) in [5.41, 5.74) is 0. The molecule has 0 rings (SSSR count). The molecule has 0 aliphatic rings. The van der Waals surface area contributed by atoms with E-state index in [4.69, 9.17) is 14.2 Å². The predicted octanol–water partition coefficient (Wildman–Crippen LogP) is 13.2. The van der Waals surface area contributed by atoms with Crippen LogP contribution in [0, 0.1) is 0 Å². The van der Waals surface area contributed by atoms with Gasteiger partial charge in [-0.05, 0) is 117 Å². The second kappa shape index (κ2) is 39.1. The van der Waals surface area contributed by atoms with Crippen LogP contribution in [0.1, 0.15) is 220 Å². The largest absolute Gasteiger partial charge is 0.462 e. The highest BCUT2D eigenvalue weighted by Crippen LogP contribution is 2.19. The second-order valence-corrected chi connectivity index (χ2v) is 16.0. The standard InChI is InChI=1S/C47H87NO6/c1-7-9-11-13-21-27-34-42(3)52-45(49)38-31-25-18-16-15-17-23-29-36-44(54-47(51)40-33-41-48(5)6)37-30-24-19-20-26-32-39-46(50)53-43(4)35-28-22-14-12-10-8-2/h27-28,34-35,42-44H,7-26,29-33,36-41H2,1-6H3/b34-27-,35-28-. The van der Waals surface area contributed by atoms with Crippen LogP contribution in [0.25, 0.3) is 0 Å². The van der Waals surface area contributed by atoms with E-state index >= 15 is 0 Å². The highest BCUT2D eigenvalue weighted by molar-refractivity contribution is 5.70. The molecule has 316 valence electrons. The topological polar surface area (TPSA) is 82.1 Å². The number of esters is 3. The van der Waals surface area contributed by atoms with Gasteiger partial charge < -0.3 is 19.1 Å². The first kappa shape index (κ1) is 51.9. The van der Waals surface area contributed by atoms with Gasteiger partial charge in [0.1, 0.15) is 18.3 Å². The number of carbonyl (C=O) groups is 3. The quantitative estimate of drug-likeness (QED) is 0.0267. The molecule has 0 fully saturated rings. The molecule has 54 heavy (non-hydrogen) atoms. The monoisotopic (exact) mass is 762 g/mol. The van der Waals surface area contributed by atoms with Crippen molar-refractivity contribution >= 4 is 17.9 Å². The Bertz CT molecular complexity index is 931. The maximum Gasteiger partial charge on any atom is 0.306 e. The van der Waals surface area contributed by atoms with E-state index in [-0.39, 0.29) is 36.2 Å². The van der Waals surface area contributed by atoms with Crippen molar-refractivity contribution in [2.75, 3.05) is 20.6 Å². The smallest absolute Gasteiger partial charge is 0.306 e. The molecule has 0 aromatic rings. The van der Waals surface area contributed by atoms with Gasteiger partial charge in [-0.1, -0.05) is 129 Å². The Labute approximate surface area is 334 Å². The lowest BCUT2D eigenvalue weighted by Crippen LogP contribution is -2.20. The van der Waals surface area contributed by atoms with Gasteiger partial charge in [-0.2, -0.15) is 0 Å². The summed E-state index contributed by atoms with van der Waals surface area (Å²) in [7, 11) is 4.06. The molecular formula is C47H87NO6. The summed E-state index contributed by atoms with van der Waals surface area (Å²) in [6.07, 6.45) is 39.8. The van der Waals surface area contributed by atoms with E-state index < -0.39 is 0 Å². The number of nitrogens with zero attached hydrogens (tertiary/aromatic N) is 1. The SMILES string of the molecule is CCCCCC/C=C\C(C)OC(=O)CCCCCCCCCCC(CCCCCCCCC(=O)OC(C)/C=C\CCCCCC)OC(=O)CCCN(C)C. The Morgan fingerprint density at radius 2 is 0.815 bits per heavy atom. The van der Waals surface area contributed by atoms with E-state index in [1.807, 2.05) is 40.1 Å². The minimum Gasteiger partial charge on any atom is -0.462 e. The number of carbonyl (C=O) groups excluding carboxylic acids is 3. The van der Waals surface area contributed by atoms with Crippen molar-refractivity contribution in [2.24, 2.45) is 0 Å². The average molecular weight is 762 g/mol. The van der Waals surface area contributed by atoms with Gasteiger partial charge in [0.05, 0.1) is 0 Å². The van der Waals surface area contributed by atoms with Crippen molar-refractivity contribution in [2.45, 2.75) is 239 Å². The van der Waals surface area contributed by atoms with Crippen LogP contribution in [0.15, 0.2) is 24.3 Å². The van der Waals surface area contributed by atoms with Crippen LogP contribution < -0.4 is 0 Å². The van der Waals surface area contributed by atoms with E-state index in [1.165, 1.54) is 77.0 Å². The molecule has 3 atom stereocenters. The van der Waals surface area contributed by atoms with E-state index in [9.17, 15) is 14.4 Å². The van der Waals surface area contributed by atoms with Crippen LogP contribution in [-0.4, -0.2) is 61.8 Å². The molecule has 7 heteroatoms. The van der Waals surface area contributed by atoms with Gasteiger partial charge in [0.25, 0.3) is 0 Å². The molecule has 0 saturated heterocycles. The summed E-state index contributed by atoms with van der Waals surface area (Å²) >= 11 is 0. The molecule has 3 unspecified atom stereocenters. The molecule has 0 amide bonds. The van der Waals surface area contributed by atoms with Crippen LogP contribution in [0.4, 0.5) is 0 Å². The Kier molecular flexibility index (Phi) is 37.5. The number of hydrogen-bond donors (Lipinski definition) is 0. The molecule has 0 radical (unpaired) electrons. The first-order valence-corrected chi connectivity index (χ1v) is 22.7. The maximum atomic E-state index is 12.6. The maximum absolute atomic E-state index is 12.6. The highest BCUT2D eigenvalue weighted by atomic mass is 16.5. The van der Waals surface area contributed by atoms with Gasteiger partial charge in [-0.3, -0.25) is 14.4 Å². The number of hydrogen-bond acceptors (Lipinski definition) is 7. The van der Waals surface area contributed by atoms with Crippen molar-refractivity contribution < 1.29 is 28.6 Å². The third kappa shape index (κ3) is 38.1. The molecule has 0 aromatic carbocycles. The Balaban J connectivity index is 4.13. The summed E-state index contributed by atoms with van der Waals surface area (Å²) < 4.78 is 17.1. The molecule has 7 nitrogen and oxygen atoms in total.